The zero-order valence-electron chi connectivity index (χ0n) is 16.0. The Kier molecular flexibility index (Phi) is 5.02. The van der Waals surface area contributed by atoms with Gasteiger partial charge in [-0.3, -0.25) is 0 Å². The van der Waals surface area contributed by atoms with Crippen LogP contribution in [-0.4, -0.2) is 43.5 Å². The highest BCUT2D eigenvalue weighted by Gasteiger charge is 2.34. The molecule has 29 heavy (non-hydrogen) atoms. The lowest BCUT2D eigenvalue weighted by Crippen LogP contribution is -2.47. The molecule has 0 spiro atoms. The van der Waals surface area contributed by atoms with Crippen molar-refractivity contribution in [2.75, 3.05) is 31.2 Å². The molecule has 1 aliphatic carbocycles. The average Bonchev–Trinajstić information content (AvgIpc) is 3.03. The first kappa shape index (κ1) is 19.0. The monoisotopic (exact) mass is 418 g/mol. The molecule has 0 amide bonds. The molecule has 2 aliphatic heterocycles. The predicted molar refractivity (Wildman–Crippen MR) is 110 cm³/mol. The maximum atomic E-state index is 13.5. The van der Waals surface area contributed by atoms with Crippen LogP contribution in [0.4, 0.5) is 10.1 Å². The van der Waals surface area contributed by atoms with Gasteiger partial charge < -0.3 is 24.8 Å². The fourth-order valence-electron chi connectivity index (χ4n) is 4.67. The summed E-state index contributed by atoms with van der Waals surface area (Å²) in [6.45, 7) is 2.80. The molecular formula is C22H24ClFN2O3. The SMILES string of the molecule is O[C@@H]1c2cc(F)ccc2C[C@@H]1NC1CCN(c2cc(Cl)cc3c2OCCO3)CC1. The number of nitrogens with one attached hydrogen (secondary N) is 1. The highest BCUT2D eigenvalue weighted by atomic mass is 35.5. The molecule has 0 bridgehead atoms. The van der Waals surface area contributed by atoms with Gasteiger partial charge in [-0.05, 0) is 48.6 Å². The summed E-state index contributed by atoms with van der Waals surface area (Å²) in [7, 11) is 0. The van der Waals surface area contributed by atoms with Crippen LogP contribution in [0.3, 0.4) is 0 Å². The predicted octanol–water partition coefficient (Wildman–Crippen LogP) is 3.47. The molecule has 2 aromatic carbocycles. The standard InChI is InChI=1S/C22H24ClFN2O3/c23-14-10-19(22-20(11-14)28-7-8-29-22)26-5-3-16(4-6-26)25-18-9-13-1-2-15(24)12-17(13)21(18)27/h1-2,10-12,16,18,21,25,27H,3-9H2/t18-,21+/m0/s1. The third-order valence-corrected chi connectivity index (χ3v) is 6.34. The summed E-state index contributed by atoms with van der Waals surface area (Å²) >= 11 is 6.29. The molecule has 1 fully saturated rings. The van der Waals surface area contributed by atoms with E-state index in [9.17, 15) is 9.50 Å². The number of anilines is 1. The van der Waals surface area contributed by atoms with E-state index >= 15 is 0 Å². The highest BCUT2D eigenvalue weighted by Crippen LogP contribution is 2.43. The second-order valence-corrected chi connectivity index (χ2v) is 8.41. The van der Waals surface area contributed by atoms with Gasteiger partial charge in [0.25, 0.3) is 0 Å². The van der Waals surface area contributed by atoms with E-state index in [-0.39, 0.29) is 11.9 Å². The molecule has 2 heterocycles. The van der Waals surface area contributed by atoms with Gasteiger partial charge >= 0.3 is 0 Å². The molecule has 5 rings (SSSR count). The molecule has 2 aromatic rings. The Bertz CT molecular complexity index is 917. The van der Waals surface area contributed by atoms with E-state index < -0.39 is 6.10 Å². The Morgan fingerprint density at radius 1 is 1.10 bits per heavy atom. The van der Waals surface area contributed by atoms with Crippen LogP contribution < -0.4 is 19.7 Å². The smallest absolute Gasteiger partial charge is 0.184 e. The second-order valence-electron chi connectivity index (χ2n) is 7.98. The first-order chi connectivity index (χ1) is 14.1. The summed E-state index contributed by atoms with van der Waals surface area (Å²) < 4.78 is 25.1. The van der Waals surface area contributed by atoms with Gasteiger partial charge in [0.1, 0.15) is 19.0 Å². The number of aliphatic hydroxyl groups is 1. The molecule has 0 unspecified atom stereocenters. The maximum absolute atomic E-state index is 13.5. The van der Waals surface area contributed by atoms with Gasteiger partial charge in [-0.25, -0.2) is 4.39 Å². The van der Waals surface area contributed by atoms with E-state index in [4.69, 9.17) is 21.1 Å². The Labute approximate surface area is 174 Å². The van der Waals surface area contributed by atoms with E-state index in [1.807, 2.05) is 6.07 Å². The van der Waals surface area contributed by atoms with Crippen molar-refractivity contribution in [1.82, 2.24) is 5.32 Å². The van der Waals surface area contributed by atoms with E-state index in [0.717, 1.165) is 49.4 Å². The van der Waals surface area contributed by atoms with Crippen molar-refractivity contribution in [3.63, 3.8) is 0 Å². The van der Waals surface area contributed by atoms with Crippen molar-refractivity contribution in [1.29, 1.82) is 0 Å². The summed E-state index contributed by atoms with van der Waals surface area (Å²) in [4.78, 5) is 2.28. The van der Waals surface area contributed by atoms with Gasteiger partial charge in [0.05, 0.1) is 11.8 Å². The first-order valence-corrected chi connectivity index (χ1v) is 10.5. The fourth-order valence-corrected chi connectivity index (χ4v) is 4.87. The van der Waals surface area contributed by atoms with Crippen LogP contribution >= 0.6 is 11.6 Å². The van der Waals surface area contributed by atoms with Crippen molar-refractivity contribution < 1.29 is 19.0 Å². The van der Waals surface area contributed by atoms with Gasteiger partial charge in [0.15, 0.2) is 11.5 Å². The third kappa shape index (κ3) is 3.65. The largest absolute Gasteiger partial charge is 0.486 e. The summed E-state index contributed by atoms with van der Waals surface area (Å²) in [6.07, 6.45) is 1.94. The summed E-state index contributed by atoms with van der Waals surface area (Å²) in [5, 5.41) is 14.8. The van der Waals surface area contributed by atoms with Gasteiger partial charge in [-0.2, -0.15) is 0 Å². The van der Waals surface area contributed by atoms with Crippen LogP contribution in [0.5, 0.6) is 11.5 Å². The number of nitrogens with zero attached hydrogens (tertiary/aromatic N) is 1. The Hall–Kier alpha value is -2.02. The fraction of sp³-hybridized carbons (Fsp3) is 0.455. The van der Waals surface area contributed by atoms with E-state index in [1.54, 1.807) is 12.1 Å². The average molecular weight is 419 g/mol. The van der Waals surface area contributed by atoms with Crippen molar-refractivity contribution in [3.05, 3.63) is 52.3 Å². The minimum Gasteiger partial charge on any atom is -0.486 e. The number of benzene rings is 2. The molecule has 0 radical (unpaired) electrons. The number of ether oxygens (including phenoxy) is 2. The zero-order chi connectivity index (χ0) is 20.0. The van der Waals surface area contributed by atoms with Crippen molar-refractivity contribution >= 4 is 17.3 Å². The summed E-state index contributed by atoms with van der Waals surface area (Å²) in [5.41, 5.74) is 2.72. The number of aliphatic hydroxyl groups excluding tert-OH is 1. The normalized spacial score (nSPS) is 23.9. The molecule has 2 atom stereocenters. The Morgan fingerprint density at radius 2 is 1.90 bits per heavy atom. The van der Waals surface area contributed by atoms with Crippen molar-refractivity contribution in [2.24, 2.45) is 0 Å². The van der Waals surface area contributed by atoms with E-state index in [2.05, 4.69) is 10.2 Å². The minimum atomic E-state index is -0.663. The van der Waals surface area contributed by atoms with Gasteiger partial charge in [0.2, 0.25) is 0 Å². The van der Waals surface area contributed by atoms with Crippen molar-refractivity contribution in [3.8, 4) is 11.5 Å². The van der Waals surface area contributed by atoms with Crippen LogP contribution in [0.1, 0.15) is 30.1 Å². The molecular weight excluding hydrogens is 395 g/mol. The van der Waals surface area contributed by atoms with E-state index in [1.165, 1.54) is 12.1 Å². The topological polar surface area (TPSA) is 54.0 Å². The lowest BCUT2D eigenvalue weighted by Gasteiger charge is -2.37. The second kappa shape index (κ2) is 7.67. The molecule has 154 valence electrons. The minimum absolute atomic E-state index is 0.0704. The lowest BCUT2D eigenvalue weighted by atomic mass is 10.0. The van der Waals surface area contributed by atoms with Crippen LogP contribution in [-0.2, 0) is 6.42 Å². The Balaban J connectivity index is 1.24. The van der Waals surface area contributed by atoms with Gasteiger partial charge in [-0.15, -0.1) is 0 Å². The number of rotatable bonds is 3. The van der Waals surface area contributed by atoms with Crippen LogP contribution in [0.25, 0.3) is 0 Å². The van der Waals surface area contributed by atoms with E-state index in [0.29, 0.717) is 35.6 Å². The van der Waals surface area contributed by atoms with Crippen LogP contribution in [0.15, 0.2) is 30.3 Å². The maximum Gasteiger partial charge on any atom is 0.184 e. The number of hydrogen-bond donors (Lipinski definition) is 2. The molecule has 0 saturated carbocycles. The van der Waals surface area contributed by atoms with Crippen molar-refractivity contribution in [2.45, 2.75) is 37.5 Å². The molecule has 1 saturated heterocycles. The highest BCUT2D eigenvalue weighted by molar-refractivity contribution is 6.31. The quantitative estimate of drug-likeness (QED) is 0.799. The first-order valence-electron chi connectivity index (χ1n) is 10.1. The number of halogens is 2. The number of hydrogen-bond acceptors (Lipinski definition) is 5. The van der Waals surface area contributed by atoms with Crippen LogP contribution in [0, 0.1) is 5.82 Å². The summed E-state index contributed by atoms with van der Waals surface area (Å²) in [5.74, 6) is 1.18. The third-order valence-electron chi connectivity index (χ3n) is 6.12. The summed E-state index contributed by atoms with van der Waals surface area (Å²) in [6, 6.07) is 8.67. The molecule has 5 nitrogen and oxygen atoms in total. The molecule has 2 N–H and O–H groups in total. The zero-order valence-corrected chi connectivity index (χ0v) is 16.8. The molecule has 0 aromatic heterocycles. The number of fused-ring (bicyclic) bond motifs is 2. The van der Waals surface area contributed by atoms with Crippen LogP contribution in [0.2, 0.25) is 5.02 Å². The lowest BCUT2D eigenvalue weighted by molar-refractivity contribution is 0.131. The van der Waals surface area contributed by atoms with Gasteiger partial charge in [0, 0.05) is 36.3 Å². The number of piperidine rings is 1. The Morgan fingerprint density at radius 3 is 2.72 bits per heavy atom. The molecule has 3 aliphatic rings. The molecule has 7 heteroatoms. The van der Waals surface area contributed by atoms with Gasteiger partial charge in [-0.1, -0.05) is 17.7 Å².